The molecule has 11 heavy (non-hydrogen) atoms. The van der Waals surface area contributed by atoms with Crippen molar-refractivity contribution >= 4 is 13.4 Å². The van der Waals surface area contributed by atoms with Crippen molar-refractivity contribution in [1.82, 2.24) is 0 Å². The largest absolute Gasteiger partial charge is 0.333 e. The molecular weight excluding hydrogens is 167 g/mol. The molecule has 5 heteroatoms. The summed E-state index contributed by atoms with van der Waals surface area (Å²) >= 11 is 0. The Morgan fingerprint density at radius 2 is 1.91 bits per heavy atom. The van der Waals surface area contributed by atoms with Gasteiger partial charge in [0.15, 0.2) is 5.78 Å². The van der Waals surface area contributed by atoms with E-state index in [4.69, 9.17) is 9.79 Å². The Kier molecular flexibility index (Phi) is 3.66. The Hall–Kier alpha value is -0.440. The van der Waals surface area contributed by atoms with Crippen molar-refractivity contribution in [2.24, 2.45) is 0 Å². The maximum atomic E-state index is 10.7. The van der Waals surface area contributed by atoms with E-state index in [1.54, 1.807) is 13.8 Å². The van der Waals surface area contributed by atoms with E-state index in [1.165, 1.54) is 6.08 Å². The van der Waals surface area contributed by atoms with Gasteiger partial charge >= 0.3 is 7.60 Å². The maximum absolute atomic E-state index is 10.7. The summed E-state index contributed by atoms with van der Waals surface area (Å²) in [5, 5.41) is 0. The Labute approximate surface area is 65.1 Å². The van der Waals surface area contributed by atoms with Crippen molar-refractivity contribution in [3.8, 4) is 0 Å². The lowest BCUT2D eigenvalue weighted by Gasteiger charge is -1.98. The van der Waals surface area contributed by atoms with Gasteiger partial charge in [-0.05, 0) is 19.9 Å². The molecule has 0 aliphatic rings. The standard InChI is InChI=1S/C6H11O4P/c1-5(2)3-6(7)4-11(8,9)10/h3H,4H2,1-2H3,(H2,8,9,10). The lowest BCUT2D eigenvalue weighted by Crippen LogP contribution is -2.01. The van der Waals surface area contributed by atoms with Crippen LogP contribution in [0.2, 0.25) is 0 Å². The number of allylic oxidation sites excluding steroid dienone is 2. The van der Waals surface area contributed by atoms with Crippen LogP contribution in [-0.2, 0) is 9.36 Å². The third-order valence-corrected chi connectivity index (χ3v) is 1.54. The molecule has 64 valence electrons. The first-order valence-corrected chi connectivity index (χ1v) is 4.83. The molecule has 0 fully saturated rings. The van der Waals surface area contributed by atoms with E-state index < -0.39 is 19.5 Å². The molecular formula is C6H11O4P. The topological polar surface area (TPSA) is 74.6 Å². The smallest absolute Gasteiger partial charge is 0.324 e. The molecule has 0 amide bonds. The van der Waals surface area contributed by atoms with Gasteiger partial charge in [0.25, 0.3) is 0 Å². The molecule has 0 aliphatic heterocycles. The van der Waals surface area contributed by atoms with Crippen molar-refractivity contribution in [2.75, 3.05) is 6.16 Å². The monoisotopic (exact) mass is 178 g/mol. The molecule has 0 aromatic rings. The van der Waals surface area contributed by atoms with Crippen LogP contribution in [0, 0.1) is 0 Å². The number of rotatable bonds is 3. The highest BCUT2D eigenvalue weighted by Crippen LogP contribution is 2.33. The van der Waals surface area contributed by atoms with Gasteiger partial charge in [-0.15, -0.1) is 0 Å². The summed E-state index contributed by atoms with van der Waals surface area (Å²) in [5.74, 6) is -0.529. The highest BCUT2D eigenvalue weighted by atomic mass is 31.2. The predicted octanol–water partition coefficient (Wildman–Crippen LogP) is 0.699. The molecule has 0 rings (SSSR count). The van der Waals surface area contributed by atoms with Gasteiger partial charge in [-0.3, -0.25) is 9.36 Å². The van der Waals surface area contributed by atoms with Crippen LogP contribution in [0.4, 0.5) is 0 Å². The van der Waals surface area contributed by atoms with Crippen LogP contribution in [0.25, 0.3) is 0 Å². The molecule has 0 unspecified atom stereocenters. The minimum atomic E-state index is -4.17. The zero-order valence-electron chi connectivity index (χ0n) is 6.44. The third kappa shape index (κ3) is 7.46. The first kappa shape index (κ1) is 10.6. The zero-order valence-corrected chi connectivity index (χ0v) is 7.34. The maximum Gasteiger partial charge on any atom is 0.333 e. The fourth-order valence-corrected chi connectivity index (χ4v) is 1.07. The summed E-state index contributed by atoms with van der Waals surface area (Å²) in [6, 6.07) is 0. The van der Waals surface area contributed by atoms with Gasteiger partial charge in [0.05, 0.1) is 0 Å². The molecule has 4 nitrogen and oxygen atoms in total. The highest BCUT2D eigenvalue weighted by molar-refractivity contribution is 7.52. The van der Waals surface area contributed by atoms with Gasteiger partial charge in [0.1, 0.15) is 6.16 Å². The second kappa shape index (κ2) is 3.81. The molecule has 0 atom stereocenters. The van der Waals surface area contributed by atoms with Crippen molar-refractivity contribution in [3.05, 3.63) is 11.6 Å². The van der Waals surface area contributed by atoms with Crippen molar-refractivity contribution in [2.45, 2.75) is 13.8 Å². The molecule has 0 saturated carbocycles. The van der Waals surface area contributed by atoms with Crippen LogP contribution >= 0.6 is 7.60 Å². The molecule has 0 radical (unpaired) electrons. The van der Waals surface area contributed by atoms with Crippen molar-refractivity contribution in [3.63, 3.8) is 0 Å². The predicted molar refractivity (Wildman–Crippen MR) is 41.3 cm³/mol. The Balaban J connectivity index is 4.12. The normalized spacial score (nSPS) is 10.9. The minimum absolute atomic E-state index is 0.529. The van der Waals surface area contributed by atoms with E-state index in [2.05, 4.69) is 0 Å². The third-order valence-electron chi connectivity index (χ3n) is 0.811. The van der Waals surface area contributed by atoms with Gasteiger partial charge in [-0.1, -0.05) is 5.57 Å². The van der Waals surface area contributed by atoms with E-state index >= 15 is 0 Å². The van der Waals surface area contributed by atoms with E-state index in [1.807, 2.05) is 0 Å². The summed E-state index contributed by atoms with van der Waals surface area (Å²) in [7, 11) is -4.17. The SMILES string of the molecule is CC(C)=CC(=O)CP(=O)(O)O. The molecule has 2 N–H and O–H groups in total. The molecule has 0 spiro atoms. The number of hydrogen-bond donors (Lipinski definition) is 2. The van der Waals surface area contributed by atoms with E-state index in [0.29, 0.717) is 0 Å². The molecule has 0 aromatic carbocycles. The minimum Gasteiger partial charge on any atom is -0.324 e. The summed E-state index contributed by atoms with van der Waals surface area (Å²) in [6.45, 7) is 3.38. The van der Waals surface area contributed by atoms with Crippen LogP contribution in [-0.4, -0.2) is 21.7 Å². The first-order valence-electron chi connectivity index (χ1n) is 3.03. The fraction of sp³-hybridized carbons (Fsp3) is 0.500. The van der Waals surface area contributed by atoms with Crippen LogP contribution in [0.5, 0.6) is 0 Å². The average molecular weight is 178 g/mol. The van der Waals surface area contributed by atoms with Gasteiger partial charge in [-0.2, -0.15) is 0 Å². The number of hydrogen-bond acceptors (Lipinski definition) is 2. The number of carbonyl (C=O) groups is 1. The van der Waals surface area contributed by atoms with E-state index in [-0.39, 0.29) is 0 Å². The lowest BCUT2D eigenvalue weighted by molar-refractivity contribution is -0.112. The van der Waals surface area contributed by atoms with E-state index in [0.717, 1.165) is 5.57 Å². The van der Waals surface area contributed by atoms with Crippen LogP contribution < -0.4 is 0 Å². The first-order chi connectivity index (χ1) is 4.81. The number of ketones is 1. The van der Waals surface area contributed by atoms with Gasteiger partial charge in [-0.25, -0.2) is 0 Å². The number of carbonyl (C=O) groups excluding carboxylic acids is 1. The fourth-order valence-electron chi connectivity index (χ4n) is 0.571. The van der Waals surface area contributed by atoms with Crippen LogP contribution in [0.1, 0.15) is 13.8 Å². The molecule has 0 heterocycles. The average Bonchev–Trinajstić information content (AvgIpc) is 1.53. The second-order valence-corrected chi connectivity index (χ2v) is 4.16. The molecule has 0 aromatic heterocycles. The van der Waals surface area contributed by atoms with Crippen LogP contribution in [0.15, 0.2) is 11.6 Å². The summed E-state index contributed by atoms with van der Waals surface area (Å²) < 4.78 is 10.3. The Bertz CT molecular complexity index is 221. The Morgan fingerprint density at radius 1 is 1.45 bits per heavy atom. The van der Waals surface area contributed by atoms with Gasteiger partial charge in [0.2, 0.25) is 0 Å². The zero-order chi connectivity index (χ0) is 9.07. The summed E-state index contributed by atoms with van der Waals surface area (Å²) in [4.78, 5) is 27.4. The quantitative estimate of drug-likeness (QED) is 0.492. The van der Waals surface area contributed by atoms with Gasteiger partial charge in [0, 0.05) is 0 Å². The summed E-state index contributed by atoms with van der Waals surface area (Å²) in [6.07, 6.45) is 0.525. The van der Waals surface area contributed by atoms with Gasteiger partial charge < -0.3 is 9.79 Å². The molecule has 0 saturated heterocycles. The second-order valence-electron chi connectivity index (χ2n) is 2.51. The van der Waals surface area contributed by atoms with Crippen molar-refractivity contribution in [1.29, 1.82) is 0 Å². The van der Waals surface area contributed by atoms with E-state index in [9.17, 15) is 9.36 Å². The lowest BCUT2D eigenvalue weighted by atomic mass is 10.3. The molecule has 0 bridgehead atoms. The van der Waals surface area contributed by atoms with Crippen LogP contribution in [0.3, 0.4) is 0 Å². The molecule has 0 aliphatic carbocycles. The Morgan fingerprint density at radius 3 is 2.18 bits per heavy atom. The summed E-state index contributed by atoms with van der Waals surface area (Å²) in [5.41, 5.74) is 0.739. The van der Waals surface area contributed by atoms with Crippen molar-refractivity contribution < 1.29 is 19.1 Å². The highest BCUT2D eigenvalue weighted by Gasteiger charge is 2.16.